The number of benzene rings is 3. The third kappa shape index (κ3) is 6.12. The van der Waals surface area contributed by atoms with Gasteiger partial charge in [-0.25, -0.2) is 14.4 Å². The Bertz CT molecular complexity index is 1530. The van der Waals surface area contributed by atoms with Gasteiger partial charge >= 0.3 is 23.9 Å². The number of carbonyl (C=O) groups excluding carboxylic acids is 3. The molecule has 208 valence electrons. The molecule has 0 amide bonds. The van der Waals surface area contributed by atoms with Crippen LogP contribution in [0.4, 0.5) is 5.95 Å². The van der Waals surface area contributed by atoms with Gasteiger partial charge in [0.25, 0.3) is 0 Å². The van der Waals surface area contributed by atoms with Crippen molar-refractivity contribution < 1.29 is 38.3 Å². The van der Waals surface area contributed by atoms with Gasteiger partial charge in [-0.2, -0.15) is 4.57 Å². The topological polar surface area (TPSA) is 149 Å². The predicted octanol–water partition coefficient (Wildman–Crippen LogP) is 4.00. The monoisotopic (exact) mass is 557 g/mol. The molecule has 4 aromatic rings. The fraction of sp³-hybridized carbons (Fsp3) is 0.172. The number of esters is 3. The van der Waals surface area contributed by atoms with Crippen LogP contribution in [0.3, 0.4) is 0 Å². The number of hydrogen-bond donors (Lipinski definition) is 0. The highest BCUT2D eigenvalue weighted by molar-refractivity contribution is 5.91. The number of carbonyl (C=O) groups is 3. The highest BCUT2D eigenvalue weighted by Crippen LogP contribution is 2.37. The molecule has 1 aliphatic rings. The van der Waals surface area contributed by atoms with Crippen molar-refractivity contribution in [1.82, 2.24) is 9.55 Å². The standard InChI is InChI=1S/C29H23N3O9/c33-26(19-10-4-1-5-11-19)38-18-22-23(40-27(34)20-12-6-2-7-13-20)24(41-28(35)21-14-8-3-9-15-21)25(39-22)31-17-16-30-29(31)32(36)37/h1-17,22-25H,18H2/t22-,23-,24+,25-/m1/s1. The van der Waals surface area contributed by atoms with Gasteiger partial charge in [-0.1, -0.05) is 59.6 Å². The Kier molecular flexibility index (Phi) is 8.11. The molecule has 1 fully saturated rings. The Balaban J connectivity index is 1.49. The quantitative estimate of drug-likeness (QED) is 0.128. The number of aromatic nitrogens is 2. The van der Waals surface area contributed by atoms with E-state index >= 15 is 0 Å². The fourth-order valence-electron chi connectivity index (χ4n) is 4.33. The van der Waals surface area contributed by atoms with E-state index in [0.29, 0.717) is 0 Å². The third-order valence-corrected chi connectivity index (χ3v) is 6.26. The van der Waals surface area contributed by atoms with E-state index in [1.165, 1.54) is 36.7 Å². The molecule has 1 aliphatic heterocycles. The summed E-state index contributed by atoms with van der Waals surface area (Å²) in [5, 5.41) is 11.7. The number of imidazole rings is 1. The van der Waals surface area contributed by atoms with Gasteiger partial charge in [0.15, 0.2) is 6.10 Å². The number of hydrogen-bond acceptors (Lipinski definition) is 10. The van der Waals surface area contributed by atoms with Crippen LogP contribution in [-0.4, -0.2) is 57.3 Å². The molecule has 41 heavy (non-hydrogen) atoms. The highest BCUT2D eigenvalue weighted by atomic mass is 16.7. The summed E-state index contributed by atoms with van der Waals surface area (Å²) in [6.45, 7) is -0.418. The summed E-state index contributed by atoms with van der Waals surface area (Å²) in [4.78, 5) is 53.6. The molecule has 3 aromatic carbocycles. The lowest BCUT2D eigenvalue weighted by atomic mass is 10.1. The minimum Gasteiger partial charge on any atom is -0.459 e. The van der Waals surface area contributed by atoms with Crippen molar-refractivity contribution in [3.05, 3.63) is 130 Å². The van der Waals surface area contributed by atoms with E-state index in [0.717, 1.165) is 4.57 Å². The van der Waals surface area contributed by atoms with Crippen molar-refractivity contribution in [2.75, 3.05) is 6.61 Å². The Morgan fingerprint density at radius 1 is 0.780 bits per heavy atom. The molecule has 1 aromatic heterocycles. The Hall–Kier alpha value is -5.36. The first-order valence-corrected chi connectivity index (χ1v) is 12.5. The molecule has 12 nitrogen and oxygen atoms in total. The van der Waals surface area contributed by atoms with Crippen molar-refractivity contribution in [2.24, 2.45) is 0 Å². The molecule has 0 radical (unpaired) electrons. The number of ether oxygens (including phenoxy) is 4. The number of nitrogens with zero attached hydrogens (tertiary/aromatic N) is 3. The lowest BCUT2D eigenvalue weighted by Gasteiger charge is -2.24. The fourth-order valence-corrected chi connectivity index (χ4v) is 4.33. The zero-order valence-corrected chi connectivity index (χ0v) is 21.3. The maximum Gasteiger partial charge on any atom is 0.436 e. The first-order valence-electron chi connectivity index (χ1n) is 12.5. The highest BCUT2D eigenvalue weighted by Gasteiger charge is 2.54. The van der Waals surface area contributed by atoms with Crippen molar-refractivity contribution in [3.8, 4) is 0 Å². The van der Waals surface area contributed by atoms with Gasteiger partial charge in [0.1, 0.15) is 25.1 Å². The molecule has 0 saturated carbocycles. The molecular formula is C29H23N3O9. The molecule has 0 spiro atoms. The SMILES string of the molecule is O=C(OC[C@H]1O[C@@H](n2ccnc2[N+](=O)[O-])[C@@H](OC(=O)c2ccccc2)[C@@H]1OC(=O)c1ccccc1)c1ccccc1. The maximum absolute atomic E-state index is 13.1. The molecule has 4 atom stereocenters. The minimum absolute atomic E-state index is 0.193. The van der Waals surface area contributed by atoms with Crippen LogP contribution in [0.5, 0.6) is 0 Å². The molecule has 0 aliphatic carbocycles. The van der Waals surface area contributed by atoms with Crippen LogP contribution in [0, 0.1) is 10.1 Å². The van der Waals surface area contributed by atoms with Crippen LogP contribution in [0.15, 0.2) is 103 Å². The summed E-state index contributed by atoms with van der Waals surface area (Å²) >= 11 is 0. The Morgan fingerprint density at radius 2 is 1.27 bits per heavy atom. The van der Waals surface area contributed by atoms with Crippen molar-refractivity contribution >= 4 is 23.9 Å². The lowest BCUT2D eigenvalue weighted by Crippen LogP contribution is -2.41. The van der Waals surface area contributed by atoms with Crippen molar-refractivity contribution in [2.45, 2.75) is 24.5 Å². The van der Waals surface area contributed by atoms with Crippen LogP contribution in [-0.2, 0) is 18.9 Å². The van der Waals surface area contributed by atoms with Crippen LogP contribution in [0.1, 0.15) is 37.3 Å². The van der Waals surface area contributed by atoms with Crippen LogP contribution in [0.25, 0.3) is 0 Å². The van der Waals surface area contributed by atoms with Gasteiger partial charge in [0, 0.05) is 0 Å². The van der Waals surface area contributed by atoms with E-state index in [1.807, 2.05) is 0 Å². The summed E-state index contributed by atoms with van der Waals surface area (Å²) in [7, 11) is 0. The largest absolute Gasteiger partial charge is 0.459 e. The second-order valence-corrected chi connectivity index (χ2v) is 8.89. The third-order valence-electron chi connectivity index (χ3n) is 6.26. The zero-order valence-electron chi connectivity index (χ0n) is 21.3. The smallest absolute Gasteiger partial charge is 0.436 e. The van der Waals surface area contributed by atoms with Gasteiger partial charge in [-0.3, -0.25) is 0 Å². The van der Waals surface area contributed by atoms with Gasteiger partial charge in [0.05, 0.1) is 16.7 Å². The Morgan fingerprint density at radius 3 is 1.78 bits per heavy atom. The van der Waals surface area contributed by atoms with E-state index in [9.17, 15) is 24.5 Å². The average Bonchev–Trinajstić information content (AvgIpc) is 3.62. The van der Waals surface area contributed by atoms with Crippen molar-refractivity contribution in [3.63, 3.8) is 0 Å². The predicted molar refractivity (Wildman–Crippen MR) is 141 cm³/mol. The summed E-state index contributed by atoms with van der Waals surface area (Å²) in [5.74, 6) is -2.81. The van der Waals surface area contributed by atoms with E-state index in [2.05, 4.69) is 4.98 Å². The lowest BCUT2D eigenvalue weighted by molar-refractivity contribution is -0.398. The average molecular weight is 558 g/mol. The first-order chi connectivity index (χ1) is 19.9. The zero-order chi connectivity index (χ0) is 28.8. The van der Waals surface area contributed by atoms with Crippen LogP contribution < -0.4 is 0 Å². The number of nitro groups is 1. The normalized spacial score (nSPS) is 19.7. The minimum atomic E-state index is -1.39. The second-order valence-electron chi connectivity index (χ2n) is 8.89. The van der Waals surface area contributed by atoms with Gasteiger partial charge in [-0.05, 0) is 41.3 Å². The molecule has 12 heteroatoms. The summed E-state index contributed by atoms with van der Waals surface area (Å²) < 4.78 is 24.2. The van der Waals surface area contributed by atoms with Crippen LogP contribution >= 0.6 is 0 Å². The summed E-state index contributed by atoms with van der Waals surface area (Å²) in [6, 6.07) is 24.3. The molecule has 2 heterocycles. The van der Waals surface area contributed by atoms with Crippen molar-refractivity contribution in [1.29, 1.82) is 0 Å². The molecule has 0 N–H and O–H groups in total. The van der Waals surface area contributed by atoms with Gasteiger partial charge in [0.2, 0.25) is 12.3 Å². The molecular weight excluding hydrogens is 534 g/mol. The molecule has 0 unspecified atom stereocenters. The molecule has 1 saturated heterocycles. The first kappa shape index (κ1) is 27.2. The number of rotatable bonds is 9. The Labute approximate surface area is 233 Å². The molecule has 5 rings (SSSR count). The van der Waals surface area contributed by atoms with Gasteiger partial charge in [-0.15, -0.1) is 0 Å². The summed E-state index contributed by atoms with van der Waals surface area (Å²) in [5.41, 5.74) is 0.674. The van der Waals surface area contributed by atoms with E-state index < -0.39 is 59.9 Å². The van der Waals surface area contributed by atoms with E-state index in [1.54, 1.807) is 66.7 Å². The van der Waals surface area contributed by atoms with E-state index in [-0.39, 0.29) is 16.7 Å². The summed E-state index contributed by atoms with van der Waals surface area (Å²) in [6.07, 6.45) is -2.77. The second kappa shape index (κ2) is 12.2. The molecule has 0 bridgehead atoms. The van der Waals surface area contributed by atoms with Crippen LogP contribution in [0.2, 0.25) is 0 Å². The van der Waals surface area contributed by atoms with E-state index in [4.69, 9.17) is 18.9 Å². The maximum atomic E-state index is 13.1. The van der Waals surface area contributed by atoms with Gasteiger partial charge < -0.3 is 29.1 Å².